The number of aryl methyl sites for hydroxylation is 2. The van der Waals surface area contributed by atoms with Gasteiger partial charge in [-0.05, 0) is 66.4 Å². The minimum Gasteiger partial charge on any atom is -0.331 e. The summed E-state index contributed by atoms with van der Waals surface area (Å²) >= 11 is 0. The summed E-state index contributed by atoms with van der Waals surface area (Å²) in [5, 5.41) is 5.23. The molecule has 0 saturated carbocycles. The largest absolute Gasteiger partial charge is 0.331 e. The topological polar surface area (TPSA) is 65.6 Å². The molecule has 3 heterocycles. The van der Waals surface area contributed by atoms with Crippen molar-refractivity contribution in [1.29, 1.82) is 0 Å². The first-order chi connectivity index (χ1) is 15.1. The van der Waals surface area contributed by atoms with Gasteiger partial charge in [-0.3, -0.25) is 9.78 Å². The summed E-state index contributed by atoms with van der Waals surface area (Å²) in [6, 6.07) is 16.2. The number of nitrogens with zero attached hydrogens (tertiary/aromatic N) is 5. The average Bonchev–Trinajstić information content (AvgIpc) is 3.45. The molecule has 6 heteroatoms. The number of hydrogen-bond donors (Lipinski definition) is 0. The molecule has 0 bridgehead atoms. The molecule has 0 unspecified atom stereocenters. The average molecular weight is 407 g/mol. The third kappa shape index (κ3) is 3.64. The molecule has 5 aromatic rings. The van der Waals surface area contributed by atoms with Crippen molar-refractivity contribution < 1.29 is 4.79 Å². The minimum absolute atomic E-state index is 0.0374. The number of carbonyl (C=O) groups is 1. The maximum atomic E-state index is 12.9. The van der Waals surface area contributed by atoms with E-state index >= 15 is 0 Å². The van der Waals surface area contributed by atoms with Gasteiger partial charge in [-0.1, -0.05) is 12.1 Å². The first-order valence-corrected chi connectivity index (χ1v) is 10.1. The Morgan fingerprint density at radius 1 is 1.03 bits per heavy atom. The Morgan fingerprint density at radius 2 is 1.87 bits per heavy atom. The molecule has 2 aromatic carbocycles. The third-order valence-corrected chi connectivity index (χ3v) is 5.46. The zero-order valence-electron chi connectivity index (χ0n) is 17.4. The SMILES string of the molecule is Cc1cc(C(=O)c2cncn2C)cc2cc(Cc3ccc(-n4cccn4)cc3)cnc12. The van der Waals surface area contributed by atoms with Gasteiger partial charge in [-0.2, -0.15) is 5.10 Å². The van der Waals surface area contributed by atoms with E-state index in [1.54, 1.807) is 23.3 Å². The standard InChI is InChI=1S/C25H21N5O/c1-17-10-21(25(31)23-15-26-16-29(23)2)13-20-12-19(14-27-24(17)20)11-18-4-6-22(7-5-18)30-9-3-8-28-30/h3-10,12-16H,11H2,1-2H3. The minimum atomic E-state index is -0.0374. The number of fused-ring (bicyclic) bond motifs is 1. The first kappa shape index (κ1) is 18.9. The number of aromatic nitrogens is 5. The molecular weight excluding hydrogens is 386 g/mol. The van der Waals surface area contributed by atoms with Crippen LogP contribution in [0.15, 0.2) is 79.6 Å². The number of ketones is 1. The lowest BCUT2D eigenvalue weighted by Gasteiger charge is -2.09. The normalized spacial score (nSPS) is 11.2. The van der Waals surface area contributed by atoms with Crippen LogP contribution in [-0.2, 0) is 13.5 Å². The van der Waals surface area contributed by atoms with Gasteiger partial charge in [0.1, 0.15) is 5.69 Å². The molecule has 0 spiro atoms. The molecule has 152 valence electrons. The van der Waals surface area contributed by atoms with Crippen molar-refractivity contribution in [2.24, 2.45) is 7.05 Å². The Balaban J connectivity index is 1.45. The van der Waals surface area contributed by atoms with Gasteiger partial charge in [0.25, 0.3) is 0 Å². The second-order valence-electron chi connectivity index (χ2n) is 7.72. The fourth-order valence-corrected chi connectivity index (χ4v) is 3.85. The van der Waals surface area contributed by atoms with E-state index < -0.39 is 0 Å². The molecule has 5 rings (SSSR count). The second-order valence-corrected chi connectivity index (χ2v) is 7.72. The summed E-state index contributed by atoms with van der Waals surface area (Å²) in [5.41, 5.74) is 6.44. The molecule has 0 aliphatic rings. The lowest BCUT2D eigenvalue weighted by molar-refractivity contribution is 0.103. The molecule has 31 heavy (non-hydrogen) atoms. The molecule has 0 atom stereocenters. The van der Waals surface area contributed by atoms with Crippen LogP contribution in [0.3, 0.4) is 0 Å². The van der Waals surface area contributed by atoms with Crippen LogP contribution in [-0.4, -0.2) is 30.1 Å². The molecule has 6 nitrogen and oxygen atoms in total. The predicted octanol–water partition coefficient (Wildman–Crippen LogP) is 4.28. The maximum Gasteiger partial charge on any atom is 0.211 e. The van der Waals surface area contributed by atoms with E-state index in [0.717, 1.165) is 34.1 Å². The molecule has 3 aromatic heterocycles. The summed E-state index contributed by atoms with van der Waals surface area (Å²) < 4.78 is 3.58. The van der Waals surface area contributed by atoms with Gasteiger partial charge in [-0.25, -0.2) is 9.67 Å². The zero-order valence-corrected chi connectivity index (χ0v) is 17.4. The number of imidazole rings is 1. The monoisotopic (exact) mass is 407 g/mol. The van der Waals surface area contributed by atoms with Crippen molar-refractivity contribution >= 4 is 16.7 Å². The fourth-order valence-electron chi connectivity index (χ4n) is 3.85. The smallest absolute Gasteiger partial charge is 0.211 e. The van der Waals surface area contributed by atoms with Crippen molar-refractivity contribution in [3.8, 4) is 5.69 Å². The van der Waals surface area contributed by atoms with Gasteiger partial charge < -0.3 is 4.57 Å². The van der Waals surface area contributed by atoms with E-state index in [1.807, 2.05) is 49.2 Å². The Hall–Kier alpha value is -4.06. The molecule has 0 saturated heterocycles. The highest BCUT2D eigenvalue weighted by molar-refractivity contribution is 6.09. The highest BCUT2D eigenvalue weighted by Gasteiger charge is 2.15. The number of pyridine rings is 1. The second kappa shape index (κ2) is 7.65. The number of carbonyl (C=O) groups excluding carboxylic acids is 1. The molecule has 0 N–H and O–H groups in total. The molecule has 0 fully saturated rings. The molecule has 0 radical (unpaired) electrons. The van der Waals surface area contributed by atoms with Crippen LogP contribution in [0.1, 0.15) is 32.7 Å². The van der Waals surface area contributed by atoms with E-state index in [2.05, 4.69) is 45.4 Å². The van der Waals surface area contributed by atoms with Gasteiger partial charge >= 0.3 is 0 Å². The summed E-state index contributed by atoms with van der Waals surface area (Å²) in [7, 11) is 1.82. The number of benzene rings is 2. The van der Waals surface area contributed by atoms with Crippen LogP contribution >= 0.6 is 0 Å². The first-order valence-electron chi connectivity index (χ1n) is 10.1. The maximum absolute atomic E-state index is 12.9. The zero-order chi connectivity index (χ0) is 21.4. The Morgan fingerprint density at radius 3 is 2.58 bits per heavy atom. The quantitative estimate of drug-likeness (QED) is 0.408. The fraction of sp³-hybridized carbons (Fsp3) is 0.120. The highest BCUT2D eigenvalue weighted by atomic mass is 16.1. The van der Waals surface area contributed by atoms with Crippen LogP contribution in [0, 0.1) is 6.92 Å². The van der Waals surface area contributed by atoms with E-state index in [0.29, 0.717) is 11.3 Å². The summed E-state index contributed by atoms with van der Waals surface area (Å²) in [6.07, 6.45) is 9.61. The van der Waals surface area contributed by atoms with Crippen LogP contribution in [0.5, 0.6) is 0 Å². The van der Waals surface area contributed by atoms with Crippen LogP contribution in [0.4, 0.5) is 0 Å². The van der Waals surface area contributed by atoms with Crippen LogP contribution in [0.25, 0.3) is 16.6 Å². The van der Waals surface area contributed by atoms with Crippen molar-refractivity contribution in [2.45, 2.75) is 13.3 Å². The molecule has 0 amide bonds. The van der Waals surface area contributed by atoms with E-state index in [9.17, 15) is 4.79 Å². The Labute approximate surface area is 179 Å². The van der Waals surface area contributed by atoms with Crippen molar-refractivity contribution in [3.63, 3.8) is 0 Å². The Bertz CT molecular complexity index is 1380. The summed E-state index contributed by atoms with van der Waals surface area (Å²) in [6.45, 7) is 1.99. The summed E-state index contributed by atoms with van der Waals surface area (Å²) in [4.78, 5) is 21.7. The van der Waals surface area contributed by atoms with Crippen molar-refractivity contribution in [2.75, 3.05) is 0 Å². The van der Waals surface area contributed by atoms with E-state index in [-0.39, 0.29) is 5.78 Å². The number of rotatable bonds is 5. The highest BCUT2D eigenvalue weighted by Crippen LogP contribution is 2.23. The van der Waals surface area contributed by atoms with Crippen molar-refractivity contribution in [1.82, 2.24) is 24.3 Å². The van der Waals surface area contributed by atoms with Gasteiger partial charge in [0.05, 0.1) is 23.7 Å². The van der Waals surface area contributed by atoms with E-state index in [4.69, 9.17) is 0 Å². The van der Waals surface area contributed by atoms with Gasteiger partial charge in [0.15, 0.2) is 0 Å². The van der Waals surface area contributed by atoms with Gasteiger partial charge in [0, 0.05) is 36.6 Å². The van der Waals surface area contributed by atoms with Gasteiger partial charge in [-0.15, -0.1) is 0 Å². The Kier molecular flexibility index (Phi) is 4.67. The molecule has 0 aliphatic carbocycles. The van der Waals surface area contributed by atoms with Crippen molar-refractivity contribution in [3.05, 3.63) is 108 Å². The third-order valence-electron chi connectivity index (χ3n) is 5.46. The molecule has 0 aliphatic heterocycles. The predicted molar refractivity (Wildman–Crippen MR) is 119 cm³/mol. The lowest BCUT2D eigenvalue weighted by atomic mass is 9.99. The van der Waals surface area contributed by atoms with Crippen LogP contribution < -0.4 is 0 Å². The summed E-state index contributed by atoms with van der Waals surface area (Å²) in [5.74, 6) is -0.0374. The lowest BCUT2D eigenvalue weighted by Crippen LogP contribution is -2.07. The van der Waals surface area contributed by atoms with Crippen LogP contribution in [0.2, 0.25) is 0 Å². The molecular formula is C25H21N5O. The van der Waals surface area contributed by atoms with Gasteiger partial charge in [0.2, 0.25) is 5.78 Å². The number of hydrogen-bond acceptors (Lipinski definition) is 4. The van der Waals surface area contributed by atoms with E-state index in [1.165, 1.54) is 5.56 Å².